The molecule has 1 saturated heterocycles. The standard InChI is InChI=1S/C19H21N5O3S/c1-3-21-7-9-22(10-8-21)18(25)17-13(2)23-12-16(20-19(23)28-17)14-5-4-6-15(11-14)24(26)27/h4-6,11-12H,3,7-10H2,1-2H3. The van der Waals surface area contributed by atoms with Crippen LogP contribution in [0, 0.1) is 17.0 Å². The largest absolute Gasteiger partial charge is 0.335 e. The number of hydrogen-bond donors (Lipinski definition) is 0. The van der Waals surface area contributed by atoms with Crippen molar-refractivity contribution in [3.05, 3.63) is 51.1 Å². The average molecular weight is 399 g/mol. The number of fused-ring (bicyclic) bond motifs is 1. The van der Waals surface area contributed by atoms with Crippen molar-refractivity contribution in [1.29, 1.82) is 0 Å². The maximum absolute atomic E-state index is 13.0. The highest BCUT2D eigenvalue weighted by molar-refractivity contribution is 7.19. The molecule has 1 aromatic carbocycles. The number of carbonyl (C=O) groups is 1. The van der Waals surface area contributed by atoms with Crippen LogP contribution >= 0.6 is 11.3 Å². The number of rotatable bonds is 4. The Balaban J connectivity index is 1.61. The molecule has 146 valence electrons. The minimum Gasteiger partial charge on any atom is -0.335 e. The zero-order valence-corrected chi connectivity index (χ0v) is 16.6. The lowest BCUT2D eigenvalue weighted by atomic mass is 10.1. The molecule has 0 saturated carbocycles. The maximum atomic E-state index is 13.0. The molecule has 0 bridgehead atoms. The molecular weight excluding hydrogens is 378 g/mol. The first-order valence-corrected chi connectivity index (χ1v) is 10.0. The van der Waals surface area contributed by atoms with E-state index in [2.05, 4.69) is 16.8 Å². The molecule has 1 aliphatic heterocycles. The number of aromatic nitrogens is 2. The zero-order valence-electron chi connectivity index (χ0n) is 15.8. The van der Waals surface area contributed by atoms with E-state index >= 15 is 0 Å². The van der Waals surface area contributed by atoms with E-state index in [1.807, 2.05) is 22.4 Å². The summed E-state index contributed by atoms with van der Waals surface area (Å²) in [5.74, 6) is 0.0562. The predicted molar refractivity (Wildman–Crippen MR) is 108 cm³/mol. The lowest BCUT2D eigenvalue weighted by molar-refractivity contribution is -0.384. The number of non-ortho nitro benzene ring substituents is 1. The first kappa shape index (κ1) is 18.6. The lowest BCUT2D eigenvalue weighted by Gasteiger charge is -2.33. The third kappa shape index (κ3) is 3.27. The number of amides is 1. The molecule has 0 radical (unpaired) electrons. The summed E-state index contributed by atoms with van der Waals surface area (Å²) < 4.78 is 1.90. The molecule has 0 unspecified atom stereocenters. The van der Waals surface area contributed by atoms with Crippen LogP contribution in [0.5, 0.6) is 0 Å². The average Bonchev–Trinajstić information content (AvgIpc) is 3.27. The highest BCUT2D eigenvalue weighted by Gasteiger charge is 2.26. The number of piperazine rings is 1. The van der Waals surface area contributed by atoms with Gasteiger partial charge in [-0.05, 0) is 13.5 Å². The van der Waals surface area contributed by atoms with E-state index in [1.54, 1.807) is 12.1 Å². The third-order valence-electron chi connectivity index (χ3n) is 5.21. The van der Waals surface area contributed by atoms with Gasteiger partial charge in [0, 0.05) is 55.8 Å². The van der Waals surface area contributed by atoms with Crippen LogP contribution in [-0.2, 0) is 0 Å². The first-order valence-electron chi connectivity index (χ1n) is 9.23. The van der Waals surface area contributed by atoms with Crippen molar-refractivity contribution >= 4 is 27.9 Å². The molecule has 0 N–H and O–H groups in total. The summed E-state index contributed by atoms with van der Waals surface area (Å²) in [6.45, 7) is 8.35. The number of nitro benzene ring substituents is 1. The number of carbonyl (C=O) groups excluding carboxylic acids is 1. The normalized spacial score (nSPS) is 15.3. The monoisotopic (exact) mass is 399 g/mol. The van der Waals surface area contributed by atoms with Gasteiger partial charge in [-0.15, -0.1) is 0 Å². The van der Waals surface area contributed by atoms with E-state index in [0.717, 1.165) is 43.4 Å². The molecule has 3 heterocycles. The number of imidazole rings is 1. The molecule has 0 atom stereocenters. The van der Waals surface area contributed by atoms with E-state index in [1.165, 1.54) is 23.5 Å². The summed E-state index contributed by atoms with van der Waals surface area (Å²) in [5, 5.41) is 11.0. The molecule has 1 aliphatic rings. The van der Waals surface area contributed by atoms with Gasteiger partial charge < -0.3 is 9.80 Å². The topological polar surface area (TPSA) is 84.0 Å². The Morgan fingerprint density at radius 3 is 2.68 bits per heavy atom. The number of hydrogen-bond acceptors (Lipinski definition) is 6. The van der Waals surface area contributed by atoms with Crippen molar-refractivity contribution < 1.29 is 9.72 Å². The predicted octanol–water partition coefficient (Wildman–Crippen LogP) is 3.06. The number of nitrogens with zero attached hydrogens (tertiary/aromatic N) is 5. The summed E-state index contributed by atoms with van der Waals surface area (Å²) in [7, 11) is 0. The Kier molecular flexibility index (Phi) is 4.86. The number of benzene rings is 1. The van der Waals surface area contributed by atoms with Crippen molar-refractivity contribution in [2.75, 3.05) is 32.7 Å². The third-order valence-corrected chi connectivity index (χ3v) is 6.36. The second kappa shape index (κ2) is 7.33. The molecule has 1 fully saturated rings. The van der Waals surface area contributed by atoms with Gasteiger partial charge in [0.15, 0.2) is 4.96 Å². The fraction of sp³-hybridized carbons (Fsp3) is 0.368. The molecular formula is C19H21N5O3S. The van der Waals surface area contributed by atoms with Gasteiger partial charge in [0.05, 0.1) is 10.6 Å². The molecule has 4 rings (SSSR count). The smallest absolute Gasteiger partial charge is 0.270 e. The molecule has 3 aromatic rings. The second-order valence-electron chi connectivity index (χ2n) is 6.83. The summed E-state index contributed by atoms with van der Waals surface area (Å²) in [6.07, 6.45) is 1.84. The van der Waals surface area contributed by atoms with Crippen LogP contribution in [0.25, 0.3) is 16.2 Å². The Labute approximate surface area is 166 Å². The van der Waals surface area contributed by atoms with Gasteiger partial charge in [-0.2, -0.15) is 0 Å². The highest BCUT2D eigenvalue weighted by atomic mass is 32.1. The van der Waals surface area contributed by atoms with Gasteiger partial charge in [0.25, 0.3) is 11.6 Å². The van der Waals surface area contributed by atoms with Crippen LogP contribution in [0.4, 0.5) is 5.69 Å². The van der Waals surface area contributed by atoms with Gasteiger partial charge in [-0.25, -0.2) is 4.98 Å². The van der Waals surface area contributed by atoms with Crippen LogP contribution in [0.3, 0.4) is 0 Å². The number of nitro groups is 1. The minimum absolute atomic E-state index is 0.0349. The van der Waals surface area contributed by atoms with Gasteiger partial charge in [0.2, 0.25) is 0 Å². The van der Waals surface area contributed by atoms with Crippen LogP contribution in [0.1, 0.15) is 22.3 Å². The molecule has 9 heteroatoms. The summed E-state index contributed by atoms with van der Waals surface area (Å²) in [6, 6.07) is 6.43. The Hall–Kier alpha value is -2.78. The van der Waals surface area contributed by atoms with E-state index in [9.17, 15) is 14.9 Å². The van der Waals surface area contributed by atoms with Gasteiger partial charge in [-0.3, -0.25) is 19.3 Å². The Bertz CT molecular complexity index is 1050. The number of thiazole rings is 1. The first-order chi connectivity index (χ1) is 13.5. The van der Waals surface area contributed by atoms with Crippen LogP contribution in [0.2, 0.25) is 0 Å². The maximum Gasteiger partial charge on any atom is 0.270 e. The van der Waals surface area contributed by atoms with E-state index in [0.29, 0.717) is 16.1 Å². The molecule has 1 amide bonds. The molecule has 28 heavy (non-hydrogen) atoms. The Morgan fingerprint density at radius 1 is 1.29 bits per heavy atom. The van der Waals surface area contributed by atoms with Crippen molar-refractivity contribution in [2.45, 2.75) is 13.8 Å². The SMILES string of the molecule is CCN1CCN(C(=O)c2sc3nc(-c4cccc([N+](=O)[O-])c4)cn3c2C)CC1. The number of likely N-dealkylation sites (N-methyl/N-ethyl adjacent to an activating group) is 1. The number of aryl methyl sites for hydroxylation is 1. The van der Waals surface area contributed by atoms with Crippen LogP contribution in [0.15, 0.2) is 30.5 Å². The summed E-state index contributed by atoms with van der Waals surface area (Å²) in [5.41, 5.74) is 2.24. The van der Waals surface area contributed by atoms with E-state index in [4.69, 9.17) is 0 Å². The quantitative estimate of drug-likeness (QED) is 0.497. The molecule has 0 aliphatic carbocycles. The highest BCUT2D eigenvalue weighted by Crippen LogP contribution is 2.29. The molecule has 8 nitrogen and oxygen atoms in total. The lowest BCUT2D eigenvalue weighted by Crippen LogP contribution is -2.48. The van der Waals surface area contributed by atoms with Crippen LogP contribution < -0.4 is 0 Å². The van der Waals surface area contributed by atoms with Crippen molar-refractivity contribution in [1.82, 2.24) is 19.2 Å². The fourth-order valence-corrected chi connectivity index (χ4v) is 4.55. The van der Waals surface area contributed by atoms with E-state index < -0.39 is 4.92 Å². The van der Waals surface area contributed by atoms with E-state index in [-0.39, 0.29) is 11.6 Å². The molecule has 0 spiro atoms. The van der Waals surface area contributed by atoms with Crippen LogP contribution in [-0.4, -0.2) is 62.7 Å². The Morgan fingerprint density at radius 2 is 2.04 bits per heavy atom. The summed E-state index contributed by atoms with van der Waals surface area (Å²) >= 11 is 1.37. The molecule has 2 aromatic heterocycles. The van der Waals surface area contributed by atoms with Gasteiger partial charge >= 0.3 is 0 Å². The van der Waals surface area contributed by atoms with Crippen molar-refractivity contribution in [2.24, 2.45) is 0 Å². The van der Waals surface area contributed by atoms with Gasteiger partial charge in [-0.1, -0.05) is 30.4 Å². The fourth-order valence-electron chi connectivity index (χ4n) is 3.48. The zero-order chi connectivity index (χ0) is 19.8. The second-order valence-corrected chi connectivity index (χ2v) is 7.81. The van der Waals surface area contributed by atoms with Crippen molar-refractivity contribution in [3.63, 3.8) is 0 Å². The minimum atomic E-state index is -0.414. The van der Waals surface area contributed by atoms with Crippen molar-refractivity contribution in [3.8, 4) is 11.3 Å². The van der Waals surface area contributed by atoms with Gasteiger partial charge in [0.1, 0.15) is 4.88 Å². The summed E-state index contributed by atoms with van der Waals surface area (Å²) in [4.78, 5) is 33.8.